The molecule has 3 aromatic rings. The van der Waals surface area contributed by atoms with Crippen LogP contribution in [0.5, 0.6) is 5.88 Å². The van der Waals surface area contributed by atoms with Crippen LogP contribution in [-0.4, -0.2) is 28.3 Å². The molecule has 0 aliphatic heterocycles. The van der Waals surface area contributed by atoms with Crippen LogP contribution in [0.4, 0.5) is 5.69 Å². The van der Waals surface area contributed by atoms with Crippen molar-refractivity contribution in [2.75, 3.05) is 11.9 Å². The van der Waals surface area contributed by atoms with E-state index >= 15 is 0 Å². The molecule has 1 heterocycles. The molecule has 0 saturated carbocycles. The van der Waals surface area contributed by atoms with Gasteiger partial charge in [0.1, 0.15) is 5.56 Å². The number of hydrogen-bond donors (Lipinski definition) is 1. The molecule has 0 aliphatic rings. The smallest absolute Gasteiger partial charge is 0.260 e. The van der Waals surface area contributed by atoms with Gasteiger partial charge in [-0.2, -0.15) is 0 Å². The van der Waals surface area contributed by atoms with Crippen LogP contribution in [0, 0.1) is 0 Å². The van der Waals surface area contributed by atoms with Crippen molar-refractivity contribution in [3.8, 4) is 5.88 Å². The summed E-state index contributed by atoms with van der Waals surface area (Å²) in [5.41, 5.74) is 3.05. The standard InChI is InChI=1S/C25H27N3O3/c1-4-31-24-23(14-9-15-26-24)25(30)28(17-20-10-6-5-7-11-20)18(2)21-12-8-13-22(16-21)27-19(3)29/h5-16,18H,4,17H2,1-3H3,(H,27,29)/t18-/m0/s1. The van der Waals surface area contributed by atoms with E-state index < -0.39 is 0 Å². The number of anilines is 1. The molecule has 160 valence electrons. The van der Waals surface area contributed by atoms with E-state index in [2.05, 4.69) is 10.3 Å². The largest absolute Gasteiger partial charge is 0.477 e. The van der Waals surface area contributed by atoms with Crippen LogP contribution in [0.1, 0.15) is 48.3 Å². The molecule has 1 atom stereocenters. The molecule has 1 N–H and O–H groups in total. The van der Waals surface area contributed by atoms with Gasteiger partial charge in [0.25, 0.3) is 5.91 Å². The minimum atomic E-state index is -0.254. The quantitative estimate of drug-likeness (QED) is 0.569. The first kappa shape index (κ1) is 22.0. The zero-order valence-corrected chi connectivity index (χ0v) is 18.0. The summed E-state index contributed by atoms with van der Waals surface area (Å²) < 4.78 is 5.60. The maximum atomic E-state index is 13.7. The Morgan fingerprint density at radius 2 is 1.84 bits per heavy atom. The fourth-order valence-corrected chi connectivity index (χ4v) is 3.38. The predicted molar refractivity (Wildman–Crippen MR) is 121 cm³/mol. The molecule has 6 nitrogen and oxygen atoms in total. The van der Waals surface area contributed by atoms with Crippen LogP contribution in [0.3, 0.4) is 0 Å². The maximum absolute atomic E-state index is 13.7. The molecule has 31 heavy (non-hydrogen) atoms. The number of rotatable bonds is 8. The Kier molecular flexibility index (Phi) is 7.38. The van der Waals surface area contributed by atoms with Gasteiger partial charge in [-0.25, -0.2) is 4.98 Å². The number of nitrogens with one attached hydrogen (secondary N) is 1. The van der Waals surface area contributed by atoms with Gasteiger partial charge in [0, 0.05) is 25.4 Å². The van der Waals surface area contributed by atoms with Crippen LogP contribution in [0.25, 0.3) is 0 Å². The molecule has 0 bridgehead atoms. The molecule has 0 saturated heterocycles. The van der Waals surface area contributed by atoms with Gasteiger partial charge in [-0.3, -0.25) is 9.59 Å². The summed E-state index contributed by atoms with van der Waals surface area (Å²) in [5, 5.41) is 2.80. The Morgan fingerprint density at radius 1 is 1.06 bits per heavy atom. The molecule has 1 aromatic heterocycles. The zero-order valence-electron chi connectivity index (χ0n) is 18.0. The number of nitrogens with zero attached hydrogens (tertiary/aromatic N) is 2. The van der Waals surface area contributed by atoms with Gasteiger partial charge in [-0.1, -0.05) is 42.5 Å². The van der Waals surface area contributed by atoms with Gasteiger partial charge in [0.05, 0.1) is 12.6 Å². The van der Waals surface area contributed by atoms with Crippen molar-refractivity contribution in [1.82, 2.24) is 9.88 Å². The number of carbonyl (C=O) groups is 2. The summed E-state index contributed by atoms with van der Waals surface area (Å²) in [6, 6.07) is 20.6. The van der Waals surface area contributed by atoms with Crippen LogP contribution < -0.4 is 10.1 Å². The third-order valence-electron chi connectivity index (χ3n) is 4.90. The Hall–Kier alpha value is -3.67. The average molecular weight is 418 g/mol. The van der Waals surface area contributed by atoms with E-state index in [1.165, 1.54) is 6.92 Å². The summed E-state index contributed by atoms with van der Waals surface area (Å²) in [6.07, 6.45) is 1.61. The topological polar surface area (TPSA) is 71.5 Å². The van der Waals surface area contributed by atoms with E-state index in [1.54, 1.807) is 23.2 Å². The van der Waals surface area contributed by atoms with Gasteiger partial charge >= 0.3 is 0 Å². The number of pyridine rings is 1. The highest BCUT2D eigenvalue weighted by molar-refractivity contribution is 5.96. The van der Waals surface area contributed by atoms with Crippen molar-refractivity contribution in [2.45, 2.75) is 33.4 Å². The minimum Gasteiger partial charge on any atom is -0.477 e. The summed E-state index contributed by atoms with van der Waals surface area (Å²) in [7, 11) is 0. The average Bonchev–Trinajstić information content (AvgIpc) is 2.78. The predicted octanol–water partition coefficient (Wildman–Crippen LogP) is 4.84. The fraction of sp³-hybridized carbons (Fsp3) is 0.240. The third kappa shape index (κ3) is 5.69. The molecule has 0 aliphatic carbocycles. The lowest BCUT2D eigenvalue weighted by atomic mass is 10.0. The van der Waals surface area contributed by atoms with Crippen molar-refractivity contribution >= 4 is 17.5 Å². The maximum Gasteiger partial charge on any atom is 0.260 e. The van der Waals surface area contributed by atoms with E-state index in [1.807, 2.05) is 68.4 Å². The number of benzene rings is 2. The number of amides is 2. The summed E-state index contributed by atoms with van der Waals surface area (Å²) in [4.78, 5) is 31.2. The van der Waals surface area contributed by atoms with Crippen molar-refractivity contribution in [3.05, 3.63) is 89.6 Å². The third-order valence-corrected chi connectivity index (χ3v) is 4.90. The highest BCUT2D eigenvalue weighted by atomic mass is 16.5. The Labute approximate surface area is 182 Å². The van der Waals surface area contributed by atoms with Crippen molar-refractivity contribution in [3.63, 3.8) is 0 Å². The molecule has 2 amide bonds. The lowest BCUT2D eigenvalue weighted by molar-refractivity contribution is -0.114. The van der Waals surface area contributed by atoms with Gasteiger partial charge in [-0.05, 0) is 49.2 Å². The molecule has 0 spiro atoms. The normalized spacial score (nSPS) is 11.5. The van der Waals surface area contributed by atoms with Gasteiger partial charge < -0.3 is 15.0 Å². The second-order valence-electron chi connectivity index (χ2n) is 7.19. The summed E-state index contributed by atoms with van der Waals surface area (Å²) in [6.45, 7) is 6.15. The summed E-state index contributed by atoms with van der Waals surface area (Å²) >= 11 is 0. The second-order valence-corrected chi connectivity index (χ2v) is 7.19. The number of ether oxygens (including phenoxy) is 1. The minimum absolute atomic E-state index is 0.140. The first-order valence-electron chi connectivity index (χ1n) is 10.3. The van der Waals surface area contributed by atoms with E-state index in [-0.39, 0.29) is 17.9 Å². The number of aromatic nitrogens is 1. The molecular formula is C25H27N3O3. The Bertz CT molecular complexity index is 1040. The molecular weight excluding hydrogens is 390 g/mol. The van der Waals surface area contributed by atoms with E-state index in [4.69, 9.17) is 4.74 Å². The van der Waals surface area contributed by atoms with Crippen molar-refractivity contribution in [2.24, 2.45) is 0 Å². The monoisotopic (exact) mass is 417 g/mol. The van der Waals surface area contributed by atoms with Crippen molar-refractivity contribution < 1.29 is 14.3 Å². The SMILES string of the molecule is CCOc1ncccc1C(=O)N(Cc1ccccc1)[C@@H](C)c1cccc(NC(C)=O)c1. The molecule has 6 heteroatoms. The Morgan fingerprint density at radius 3 is 2.55 bits per heavy atom. The van der Waals surface area contributed by atoms with E-state index in [0.717, 1.165) is 11.1 Å². The van der Waals surface area contributed by atoms with E-state index in [0.29, 0.717) is 30.3 Å². The lowest BCUT2D eigenvalue weighted by Gasteiger charge is -2.30. The van der Waals surface area contributed by atoms with Gasteiger partial charge in [-0.15, -0.1) is 0 Å². The summed E-state index contributed by atoms with van der Waals surface area (Å²) in [5.74, 6) is 0.0174. The highest BCUT2D eigenvalue weighted by Crippen LogP contribution is 2.28. The first-order chi connectivity index (χ1) is 15.0. The van der Waals surface area contributed by atoms with Crippen LogP contribution in [0.2, 0.25) is 0 Å². The number of carbonyl (C=O) groups excluding carboxylic acids is 2. The van der Waals surface area contributed by atoms with Crippen molar-refractivity contribution in [1.29, 1.82) is 0 Å². The lowest BCUT2D eigenvalue weighted by Crippen LogP contribution is -2.33. The van der Waals surface area contributed by atoms with Crippen LogP contribution >= 0.6 is 0 Å². The highest BCUT2D eigenvalue weighted by Gasteiger charge is 2.26. The Balaban J connectivity index is 1.98. The molecule has 0 unspecified atom stereocenters. The van der Waals surface area contributed by atoms with Gasteiger partial charge in [0.15, 0.2) is 0 Å². The van der Waals surface area contributed by atoms with Crippen LogP contribution in [-0.2, 0) is 11.3 Å². The van der Waals surface area contributed by atoms with Crippen LogP contribution in [0.15, 0.2) is 72.9 Å². The van der Waals surface area contributed by atoms with Gasteiger partial charge in [0.2, 0.25) is 11.8 Å². The second kappa shape index (κ2) is 10.4. The molecule has 3 rings (SSSR count). The molecule has 0 radical (unpaired) electrons. The number of hydrogen-bond acceptors (Lipinski definition) is 4. The molecule has 0 fully saturated rings. The van der Waals surface area contributed by atoms with E-state index in [9.17, 15) is 9.59 Å². The zero-order chi connectivity index (χ0) is 22.2. The first-order valence-corrected chi connectivity index (χ1v) is 10.3. The molecule has 2 aromatic carbocycles. The fourth-order valence-electron chi connectivity index (χ4n) is 3.38.